The lowest BCUT2D eigenvalue weighted by Crippen LogP contribution is -2.58. The molecule has 1 saturated heterocycles. The van der Waals surface area contributed by atoms with Crippen LogP contribution in [-0.4, -0.2) is 38.6 Å². The van der Waals surface area contributed by atoms with Gasteiger partial charge < -0.3 is 20.1 Å². The molecular formula is C19H17ClFN3O5. The van der Waals surface area contributed by atoms with Crippen molar-refractivity contribution in [3.63, 3.8) is 0 Å². The highest BCUT2D eigenvalue weighted by molar-refractivity contribution is 6.31. The SMILES string of the molecule is COc1ccc(OC)c(NC(=O)C2CNC(=O)N(c3ccc(F)c(Cl)c3)C2=O)c1. The Hall–Kier alpha value is -3.33. The van der Waals surface area contributed by atoms with Crippen molar-refractivity contribution in [1.29, 1.82) is 0 Å². The molecule has 0 radical (unpaired) electrons. The minimum absolute atomic E-state index is 0.0513. The van der Waals surface area contributed by atoms with E-state index in [-0.39, 0.29) is 17.3 Å². The number of urea groups is 1. The summed E-state index contributed by atoms with van der Waals surface area (Å²) in [6.45, 7) is -0.193. The summed E-state index contributed by atoms with van der Waals surface area (Å²) in [5.41, 5.74) is 0.355. The van der Waals surface area contributed by atoms with Gasteiger partial charge in [0.15, 0.2) is 0 Å². The van der Waals surface area contributed by atoms with Gasteiger partial charge >= 0.3 is 6.03 Å². The predicted octanol–water partition coefficient (Wildman–Crippen LogP) is 2.81. The predicted molar refractivity (Wildman–Crippen MR) is 104 cm³/mol. The average Bonchev–Trinajstić information content (AvgIpc) is 2.70. The first-order valence-corrected chi connectivity index (χ1v) is 8.83. The van der Waals surface area contributed by atoms with Crippen LogP contribution in [0.5, 0.6) is 11.5 Å². The normalized spacial score (nSPS) is 16.3. The molecule has 0 aliphatic carbocycles. The van der Waals surface area contributed by atoms with Gasteiger partial charge in [-0.15, -0.1) is 0 Å². The molecule has 2 aromatic carbocycles. The summed E-state index contributed by atoms with van der Waals surface area (Å²) >= 11 is 5.75. The van der Waals surface area contributed by atoms with Crippen LogP contribution in [0.3, 0.4) is 0 Å². The number of nitrogens with zero attached hydrogens (tertiary/aromatic N) is 1. The second-order valence-electron chi connectivity index (χ2n) is 6.07. The standard InChI is InChI=1S/C19H17ClFN3O5/c1-28-11-4-6-16(29-2)15(8-11)23-17(25)12-9-22-19(27)24(18(12)26)10-3-5-14(21)13(20)7-10/h3-8,12H,9H2,1-2H3,(H,22,27)(H,23,25). The molecule has 1 unspecified atom stereocenters. The van der Waals surface area contributed by atoms with E-state index in [0.29, 0.717) is 17.2 Å². The largest absolute Gasteiger partial charge is 0.497 e. The van der Waals surface area contributed by atoms with Crippen molar-refractivity contribution in [3.05, 3.63) is 47.2 Å². The quantitative estimate of drug-likeness (QED) is 0.723. The third-order valence-corrected chi connectivity index (χ3v) is 4.61. The van der Waals surface area contributed by atoms with E-state index < -0.39 is 29.6 Å². The number of nitrogens with one attached hydrogen (secondary N) is 2. The minimum Gasteiger partial charge on any atom is -0.497 e. The van der Waals surface area contributed by atoms with Crippen LogP contribution in [0.2, 0.25) is 5.02 Å². The van der Waals surface area contributed by atoms with Crippen LogP contribution in [-0.2, 0) is 9.59 Å². The molecule has 2 aromatic rings. The number of halogens is 2. The topological polar surface area (TPSA) is 97.0 Å². The Labute approximate surface area is 170 Å². The first-order valence-electron chi connectivity index (χ1n) is 8.45. The molecule has 0 bridgehead atoms. The Morgan fingerprint density at radius 2 is 1.97 bits per heavy atom. The van der Waals surface area contributed by atoms with Gasteiger partial charge in [0.1, 0.15) is 23.2 Å². The van der Waals surface area contributed by atoms with Crippen molar-refractivity contribution >= 4 is 40.8 Å². The first kappa shape index (κ1) is 20.4. The molecule has 10 heteroatoms. The third kappa shape index (κ3) is 4.09. The molecule has 1 atom stereocenters. The molecule has 0 aromatic heterocycles. The fraction of sp³-hybridized carbons (Fsp3) is 0.211. The van der Waals surface area contributed by atoms with Crippen molar-refractivity contribution < 1.29 is 28.2 Å². The maximum Gasteiger partial charge on any atom is 0.328 e. The van der Waals surface area contributed by atoms with E-state index in [1.165, 1.54) is 20.3 Å². The van der Waals surface area contributed by atoms with Crippen LogP contribution in [0.15, 0.2) is 36.4 Å². The molecule has 1 fully saturated rings. The molecule has 1 heterocycles. The fourth-order valence-electron chi connectivity index (χ4n) is 2.82. The zero-order chi connectivity index (χ0) is 21.1. The molecule has 1 aliphatic heterocycles. The number of imide groups is 1. The Kier molecular flexibility index (Phi) is 5.88. The van der Waals surface area contributed by atoms with Crippen LogP contribution in [0, 0.1) is 11.7 Å². The lowest BCUT2D eigenvalue weighted by Gasteiger charge is -2.30. The van der Waals surface area contributed by atoms with Gasteiger partial charge in [0.05, 0.1) is 30.6 Å². The van der Waals surface area contributed by atoms with Crippen LogP contribution in [0.4, 0.5) is 20.6 Å². The first-order chi connectivity index (χ1) is 13.8. The van der Waals surface area contributed by atoms with Crippen LogP contribution in [0.25, 0.3) is 0 Å². The third-order valence-electron chi connectivity index (χ3n) is 4.32. The van der Waals surface area contributed by atoms with Crippen LogP contribution < -0.4 is 25.0 Å². The number of amides is 4. The van der Waals surface area contributed by atoms with E-state index in [4.69, 9.17) is 21.1 Å². The second kappa shape index (κ2) is 8.36. The van der Waals surface area contributed by atoms with Crippen molar-refractivity contribution in [2.24, 2.45) is 5.92 Å². The van der Waals surface area contributed by atoms with Crippen molar-refractivity contribution in [2.45, 2.75) is 0 Å². The smallest absolute Gasteiger partial charge is 0.328 e. The minimum atomic E-state index is -1.22. The summed E-state index contributed by atoms with van der Waals surface area (Å²) in [6.07, 6.45) is 0. The molecule has 8 nitrogen and oxygen atoms in total. The second-order valence-corrected chi connectivity index (χ2v) is 6.47. The lowest BCUT2D eigenvalue weighted by molar-refractivity contribution is -0.130. The van der Waals surface area contributed by atoms with Gasteiger partial charge in [-0.25, -0.2) is 14.1 Å². The monoisotopic (exact) mass is 421 g/mol. The maximum atomic E-state index is 13.4. The van der Waals surface area contributed by atoms with Crippen molar-refractivity contribution in [2.75, 3.05) is 31.0 Å². The molecule has 4 amide bonds. The molecular weight excluding hydrogens is 405 g/mol. The highest BCUT2D eigenvalue weighted by Crippen LogP contribution is 2.30. The zero-order valence-corrected chi connectivity index (χ0v) is 16.2. The highest BCUT2D eigenvalue weighted by Gasteiger charge is 2.40. The summed E-state index contributed by atoms with van der Waals surface area (Å²) in [5, 5.41) is 4.84. The summed E-state index contributed by atoms with van der Waals surface area (Å²) in [4.78, 5) is 38.6. The van der Waals surface area contributed by atoms with E-state index in [1.54, 1.807) is 18.2 Å². The van der Waals surface area contributed by atoms with E-state index in [0.717, 1.165) is 17.0 Å². The Bertz CT molecular complexity index is 984. The number of methoxy groups -OCH3 is 2. The van der Waals surface area contributed by atoms with Gasteiger partial charge in [-0.3, -0.25) is 9.59 Å². The molecule has 152 valence electrons. The molecule has 3 rings (SSSR count). The van der Waals surface area contributed by atoms with Gasteiger partial charge in [-0.1, -0.05) is 11.6 Å². The summed E-state index contributed by atoms with van der Waals surface area (Å²) < 4.78 is 23.8. The van der Waals surface area contributed by atoms with Gasteiger partial charge in [-0.05, 0) is 30.3 Å². The molecule has 0 spiro atoms. The van der Waals surface area contributed by atoms with E-state index in [2.05, 4.69) is 10.6 Å². The van der Waals surface area contributed by atoms with Gasteiger partial charge in [-0.2, -0.15) is 0 Å². The molecule has 0 saturated carbocycles. The summed E-state index contributed by atoms with van der Waals surface area (Å²) in [7, 11) is 2.91. The molecule has 29 heavy (non-hydrogen) atoms. The number of anilines is 2. The van der Waals surface area contributed by atoms with Crippen LogP contribution in [0.1, 0.15) is 0 Å². The summed E-state index contributed by atoms with van der Waals surface area (Å²) in [5.74, 6) is -2.48. The number of ether oxygens (including phenoxy) is 2. The Balaban J connectivity index is 1.85. The number of hydrogen-bond donors (Lipinski definition) is 2. The van der Waals surface area contributed by atoms with E-state index in [9.17, 15) is 18.8 Å². The zero-order valence-electron chi connectivity index (χ0n) is 15.5. The number of rotatable bonds is 5. The average molecular weight is 422 g/mol. The number of hydrogen-bond acceptors (Lipinski definition) is 5. The van der Waals surface area contributed by atoms with Crippen LogP contribution >= 0.6 is 11.6 Å². The van der Waals surface area contributed by atoms with E-state index in [1.807, 2.05) is 0 Å². The van der Waals surface area contributed by atoms with Crippen molar-refractivity contribution in [3.8, 4) is 11.5 Å². The van der Waals surface area contributed by atoms with E-state index >= 15 is 0 Å². The van der Waals surface area contributed by atoms with Gasteiger partial charge in [0.25, 0.3) is 0 Å². The summed E-state index contributed by atoms with van der Waals surface area (Å²) in [6, 6.07) is 7.46. The number of carbonyl (C=O) groups is 3. The number of carbonyl (C=O) groups excluding carboxylic acids is 3. The lowest BCUT2D eigenvalue weighted by atomic mass is 10.0. The highest BCUT2D eigenvalue weighted by atomic mass is 35.5. The Morgan fingerprint density at radius 1 is 1.21 bits per heavy atom. The van der Waals surface area contributed by atoms with Gasteiger partial charge in [0.2, 0.25) is 11.8 Å². The maximum absolute atomic E-state index is 13.4. The molecule has 1 aliphatic rings. The van der Waals surface area contributed by atoms with Gasteiger partial charge in [0, 0.05) is 12.6 Å². The molecule has 2 N–H and O–H groups in total. The number of benzene rings is 2. The Morgan fingerprint density at radius 3 is 2.62 bits per heavy atom. The fourth-order valence-corrected chi connectivity index (χ4v) is 2.99. The van der Waals surface area contributed by atoms with Crippen molar-refractivity contribution in [1.82, 2.24) is 5.32 Å².